The van der Waals surface area contributed by atoms with Gasteiger partial charge in [-0.3, -0.25) is 4.79 Å². The molecule has 152 valence electrons. The number of hydrogen-bond donors (Lipinski definition) is 1. The maximum Gasteiger partial charge on any atom is 0.338 e. The van der Waals surface area contributed by atoms with E-state index < -0.39 is 5.97 Å². The number of amides is 1. The Bertz CT molecular complexity index is 953. The van der Waals surface area contributed by atoms with E-state index in [2.05, 4.69) is 17.2 Å². The molecule has 1 N–H and O–H groups in total. The highest BCUT2D eigenvalue weighted by molar-refractivity contribution is 7.98. The first-order valence-electron chi connectivity index (χ1n) is 9.59. The first-order chi connectivity index (χ1) is 14.1. The van der Waals surface area contributed by atoms with E-state index in [9.17, 15) is 9.59 Å². The maximum atomic E-state index is 12.5. The summed E-state index contributed by atoms with van der Waals surface area (Å²) in [4.78, 5) is 28.8. The molecule has 1 amide bonds. The number of thioether (sulfide) groups is 1. The van der Waals surface area contributed by atoms with E-state index in [4.69, 9.17) is 9.15 Å². The highest BCUT2D eigenvalue weighted by atomic mass is 32.2. The van der Waals surface area contributed by atoms with Gasteiger partial charge in [-0.1, -0.05) is 55.4 Å². The number of carbonyl (C=O) groups is 2. The van der Waals surface area contributed by atoms with Crippen LogP contribution in [0.15, 0.2) is 58.2 Å². The number of nitrogens with one attached hydrogen (secondary N) is 1. The van der Waals surface area contributed by atoms with Crippen LogP contribution in [-0.4, -0.2) is 29.5 Å². The quantitative estimate of drug-likeness (QED) is 0.409. The molecule has 0 aliphatic rings. The second-order valence-corrected chi connectivity index (χ2v) is 7.65. The molecule has 1 heterocycles. The number of ether oxygens (including phenoxy) is 1. The van der Waals surface area contributed by atoms with Crippen LogP contribution in [0.2, 0.25) is 0 Å². The van der Waals surface area contributed by atoms with Gasteiger partial charge in [0.15, 0.2) is 12.2 Å². The Kier molecular flexibility index (Phi) is 7.30. The summed E-state index contributed by atoms with van der Waals surface area (Å²) >= 11 is 1.40. The van der Waals surface area contributed by atoms with Gasteiger partial charge in [0.1, 0.15) is 5.52 Å². The molecule has 0 spiro atoms. The first kappa shape index (κ1) is 20.9. The molecule has 0 fully saturated rings. The fourth-order valence-corrected chi connectivity index (χ4v) is 3.77. The van der Waals surface area contributed by atoms with E-state index in [0.29, 0.717) is 16.5 Å². The second kappa shape index (κ2) is 10.1. The molecule has 0 aliphatic heterocycles. The van der Waals surface area contributed by atoms with E-state index in [0.717, 1.165) is 29.5 Å². The standard InChI is InChI=1S/C22H24N2O4S/c1-3-8-15(2)23-20(25)13-27-21(26)17-10-5-4-9-16(17)14-29-22-24-18-11-6-7-12-19(18)28-22/h4-7,9-12,15H,3,8,13-14H2,1-2H3,(H,23,25)/t15-/m0/s1. The average Bonchev–Trinajstić information content (AvgIpc) is 3.14. The third kappa shape index (κ3) is 5.84. The van der Waals surface area contributed by atoms with Gasteiger partial charge in [0.25, 0.3) is 11.1 Å². The molecule has 0 saturated carbocycles. The van der Waals surface area contributed by atoms with Crippen molar-refractivity contribution in [3.05, 3.63) is 59.7 Å². The molecule has 0 aliphatic carbocycles. The van der Waals surface area contributed by atoms with Crippen LogP contribution >= 0.6 is 11.8 Å². The number of benzene rings is 2. The Hall–Kier alpha value is -2.80. The Morgan fingerprint density at radius 2 is 1.93 bits per heavy atom. The van der Waals surface area contributed by atoms with Crippen molar-refractivity contribution in [2.45, 2.75) is 43.7 Å². The summed E-state index contributed by atoms with van der Waals surface area (Å²) in [6.45, 7) is 3.69. The van der Waals surface area contributed by atoms with Crippen molar-refractivity contribution in [3.8, 4) is 0 Å². The molecule has 3 aromatic rings. The summed E-state index contributed by atoms with van der Waals surface area (Å²) in [6, 6.07) is 14.8. The van der Waals surface area contributed by atoms with Gasteiger partial charge in [-0.25, -0.2) is 9.78 Å². The first-order valence-corrected chi connectivity index (χ1v) is 10.6. The zero-order valence-corrected chi connectivity index (χ0v) is 17.3. The Labute approximate surface area is 174 Å². The summed E-state index contributed by atoms with van der Waals surface area (Å²) in [5, 5.41) is 3.36. The summed E-state index contributed by atoms with van der Waals surface area (Å²) in [7, 11) is 0. The predicted octanol–water partition coefficient (Wildman–Crippen LogP) is 4.58. The van der Waals surface area contributed by atoms with Crippen LogP contribution in [0.5, 0.6) is 0 Å². The van der Waals surface area contributed by atoms with Crippen LogP contribution in [0, 0.1) is 0 Å². The van der Waals surface area contributed by atoms with Crippen molar-refractivity contribution in [3.63, 3.8) is 0 Å². The molecule has 0 radical (unpaired) electrons. The normalized spacial score (nSPS) is 11.9. The molecule has 3 rings (SSSR count). The Morgan fingerprint density at radius 3 is 2.72 bits per heavy atom. The van der Waals surface area contributed by atoms with E-state index >= 15 is 0 Å². The molecular formula is C22H24N2O4S. The highest BCUT2D eigenvalue weighted by Crippen LogP contribution is 2.27. The summed E-state index contributed by atoms with van der Waals surface area (Å²) < 4.78 is 10.9. The molecule has 0 saturated heterocycles. The van der Waals surface area contributed by atoms with E-state index in [-0.39, 0.29) is 18.6 Å². The molecule has 0 bridgehead atoms. The molecule has 6 nitrogen and oxygen atoms in total. The average molecular weight is 413 g/mol. The minimum Gasteiger partial charge on any atom is -0.452 e. The lowest BCUT2D eigenvalue weighted by molar-refractivity contribution is -0.124. The van der Waals surface area contributed by atoms with Gasteiger partial charge in [0.05, 0.1) is 5.56 Å². The number of esters is 1. The minimum absolute atomic E-state index is 0.0613. The van der Waals surface area contributed by atoms with Crippen molar-refractivity contribution in [2.24, 2.45) is 0 Å². The zero-order chi connectivity index (χ0) is 20.6. The lowest BCUT2D eigenvalue weighted by Gasteiger charge is -2.13. The molecule has 1 atom stereocenters. The van der Waals surface area contributed by atoms with Crippen molar-refractivity contribution >= 4 is 34.7 Å². The van der Waals surface area contributed by atoms with Gasteiger partial charge >= 0.3 is 5.97 Å². The van der Waals surface area contributed by atoms with Crippen LogP contribution in [0.25, 0.3) is 11.1 Å². The summed E-state index contributed by atoms with van der Waals surface area (Å²) in [5.74, 6) is -0.313. The van der Waals surface area contributed by atoms with E-state index in [1.807, 2.05) is 43.3 Å². The number of nitrogens with zero attached hydrogens (tertiary/aromatic N) is 1. The SMILES string of the molecule is CCC[C@H](C)NC(=O)COC(=O)c1ccccc1CSc1nc2ccccc2o1. The van der Waals surface area contributed by atoms with Gasteiger partial charge < -0.3 is 14.5 Å². The number of rotatable bonds is 9. The topological polar surface area (TPSA) is 81.4 Å². The molecular weight excluding hydrogens is 388 g/mol. The number of hydrogen-bond acceptors (Lipinski definition) is 6. The molecule has 1 aromatic heterocycles. The predicted molar refractivity (Wildman–Crippen MR) is 113 cm³/mol. The number of carbonyl (C=O) groups excluding carboxylic acids is 2. The lowest BCUT2D eigenvalue weighted by atomic mass is 10.1. The number of aromatic nitrogens is 1. The third-order valence-corrected chi connectivity index (χ3v) is 5.20. The van der Waals surface area contributed by atoms with Crippen molar-refractivity contribution in [2.75, 3.05) is 6.61 Å². The molecule has 2 aromatic carbocycles. The van der Waals surface area contributed by atoms with Gasteiger partial charge in [-0.15, -0.1) is 0 Å². The second-order valence-electron chi connectivity index (χ2n) is 6.73. The van der Waals surface area contributed by atoms with Gasteiger partial charge in [0.2, 0.25) is 0 Å². The monoisotopic (exact) mass is 412 g/mol. The van der Waals surface area contributed by atoms with Crippen LogP contribution in [-0.2, 0) is 15.3 Å². The van der Waals surface area contributed by atoms with Crippen molar-refractivity contribution in [1.29, 1.82) is 0 Å². The summed E-state index contributed by atoms with van der Waals surface area (Å²) in [6.07, 6.45) is 1.86. The smallest absolute Gasteiger partial charge is 0.338 e. The van der Waals surface area contributed by atoms with Crippen LogP contribution < -0.4 is 5.32 Å². The van der Waals surface area contributed by atoms with Crippen LogP contribution in [0.4, 0.5) is 0 Å². The number of oxazole rings is 1. The highest BCUT2D eigenvalue weighted by Gasteiger charge is 2.16. The van der Waals surface area contributed by atoms with Gasteiger partial charge in [-0.05, 0) is 37.1 Å². The fraction of sp³-hybridized carbons (Fsp3) is 0.318. The summed E-state index contributed by atoms with van der Waals surface area (Å²) in [5.41, 5.74) is 2.76. The third-order valence-electron chi connectivity index (χ3n) is 4.33. The van der Waals surface area contributed by atoms with Gasteiger partial charge in [-0.2, -0.15) is 0 Å². The molecule has 7 heteroatoms. The molecule has 0 unspecified atom stereocenters. The molecule has 29 heavy (non-hydrogen) atoms. The van der Waals surface area contributed by atoms with Crippen molar-refractivity contribution < 1.29 is 18.7 Å². The van der Waals surface area contributed by atoms with Crippen molar-refractivity contribution in [1.82, 2.24) is 10.3 Å². The van der Waals surface area contributed by atoms with Crippen LogP contribution in [0.1, 0.15) is 42.6 Å². The van der Waals surface area contributed by atoms with E-state index in [1.165, 1.54) is 11.8 Å². The minimum atomic E-state index is -0.517. The Balaban J connectivity index is 1.59. The van der Waals surface area contributed by atoms with Gasteiger partial charge in [0, 0.05) is 11.8 Å². The number of para-hydroxylation sites is 2. The van der Waals surface area contributed by atoms with E-state index in [1.54, 1.807) is 12.1 Å². The Morgan fingerprint density at radius 1 is 1.17 bits per heavy atom. The number of fused-ring (bicyclic) bond motifs is 1. The fourth-order valence-electron chi connectivity index (χ4n) is 2.93. The zero-order valence-electron chi connectivity index (χ0n) is 16.5. The van der Waals surface area contributed by atoms with Crippen LogP contribution in [0.3, 0.4) is 0 Å². The lowest BCUT2D eigenvalue weighted by Crippen LogP contribution is -2.35. The largest absolute Gasteiger partial charge is 0.452 e. The maximum absolute atomic E-state index is 12.5.